The Hall–Kier alpha value is -3.60. The fraction of sp³-hybridized carbons (Fsp3) is 0.333. The molecular weight excluding hydrogens is 438 g/mol. The van der Waals surface area contributed by atoms with Gasteiger partial charge in [-0.25, -0.2) is 0 Å². The lowest BCUT2D eigenvalue weighted by molar-refractivity contribution is -0.137. The highest BCUT2D eigenvalue weighted by Crippen LogP contribution is 2.35. The molecule has 1 N–H and O–H groups in total. The number of amides is 1. The maximum atomic E-state index is 12.6. The minimum atomic E-state index is -0.796. The van der Waals surface area contributed by atoms with Crippen LogP contribution in [0.4, 0.5) is 0 Å². The van der Waals surface area contributed by atoms with Crippen LogP contribution in [0.1, 0.15) is 50.2 Å². The van der Waals surface area contributed by atoms with Crippen molar-refractivity contribution >= 4 is 11.9 Å². The zero-order chi connectivity index (χ0) is 25.2. The third kappa shape index (κ3) is 7.44. The molecule has 0 aliphatic heterocycles. The predicted molar refractivity (Wildman–Crippen MR) is 140 cm³/mol. The number of ether oxygens (including phenoxy) is 1. The fourth-order valence-corrected chi connectivity index (χ4v) is 4.15. The van der Waals surface area contributed by atoms with E-state index in [1.54, 1.807) is 12.0 Å². The Bertz CT molecular complexity index is 1140. The Morgan fingerprint density at radius 3 is 2.29 bits per heavy atom. The zero-order valence-corrected chi connectivity index (χ0v) is 20.9. The summed E-state index contributed by atoms with van der Waals surface area (Å²) in [7, 11) is 3.52. The number of rotatable bonds is 12. The second kappa shape index (κ2) is 12.7. The van der Waals surface area contributed by atoms with Crippen molar-refractivity contribution < 1.29 is 19.4 Å². The predicted octanol–water partition coefficient (Wildman–Crippen LogP) is 6.59. The maximum absolute atomic E-state index is 12.6. The first kappa shape index (κ1) is 26.0. The lowest BCUT2D eigenvalue weighted by atomic mass is 9.92. The van der Waals surface area contributed by atoms with Crippen molar-refractivity contribution in [3.05, 3.63) is 77.9 Å². The van der Waals surface area contributed by atoms with Crippen LogP contribution in [0.3, 0.4) is 0 Å². The molecule has 1 amide bonds. The average Bonchev–Trinajstić information content (AvgIpc) is 2.87. The number of carbonyl (C=O) groups excluding carboxylic acids is 1. The van der Waals surface area contributed by atoms with E-state index < -0.39 is 5.97 Å². The topological polar surface area (TPSA) is 66.8 Å². The van der Waals surface area contributed by atoms with E-state index in [4.69, 9.17) is 9.84 Å². The number of nitrogens with zero attached hydrogens (tertiary/aromatic N) is 1. The van der Waals surface area contributed by atoms with Gasteiger partial charge in [0.05, 0.1) is 7.11 Å². The third-order valence-electron chi connectivity index (χ3n) is 6.20. The summed E-state index contributed by atoms with van der Waals surface area (Å²) in [6.07, 6.45) is 4.29. The molecule has 0 saturated heterocycles. The number of hydrogen-bond donors (Lipinski definition) is 1. The minimum absolute atomic E-state index is 0.114. The Kier molecular flexibility index (Phi) is 9.47. The summed E-state index contributed by atoms with van der Waals surface area (Å²) in [4.78, 5) is 25.3. The van der Waals surface area contributed by atoms with Crippen LogP contribution in [-0.4, -0.2) is 36.0 Å². The maximum Gasteiger partial charge on any atom is 0.303 e. The molecule has 0 radical (unpaired) electrons. The van der Waals surface area contributed by atoms with E-state index in [9.17, 15) is 9.59 Å². The SMILES string of the molecule is CCCCCC(=O)N(C)Cc1ccc(-c2cccc(OC)c2)c(-c2ccc(CCC(=O)O)cc2)c1. The smallest absolute Gasteiger partial charge is 0.303 e. The number of aryl methyl sites for hydroxylation is 1. The summed E-state index contributed by atoms with van der Waals surface area (Å²) in [5.74, 6) is 0.161. The molecule has 35 heavy (non-hydrogen) atoms. The number of benzene rings is 3. The van der Waals surface area contributed by atoms with Crippen LogP contribution in [-0.2, 0) is 22.6 Å². The summed E-state index contributed by atoms with van der Waals surface area (Å²) in [6.45, 7) is 2.69. The molecule has 0 spiro atoms. The van der Waals surface area contributed by atoms with Crippen molar-refractivity contribution in [3.63, 3.8) is 0 Å². The molecule has 184 valence electrons. The third-order valence-corrected chi connectivity index (χ3v) is 6.20. The molecule has 0 aromatic heterocycles. The van der Waals surface area contributed by atoms with Gasteiger partial charge in [-0.2, -0.15) is 0 Å². The largest absolute Gasteiger partial charge is 0.497 e. The van der Waals surface area contributed by atoms with Crippen LogP contribution in [0.5, 0.6) is 5.75 Å². The number of carboxylic acid groups (broad SMARTS) is 1. The molecule has 0 aliphatic carbocycles. The number of unbranched alkanes of at least 4 members (excludes halogenated alkanes) is 2. The summed E-state index contributed by atoms with van der Waals surface area (Å²) in [5, 5.41) is 8.98. The van der Waals surface area contributed by atoms with Gasteiger partial charge in [0.25, 0.3) is 0 Å². The molecule has 5 nitrogen and oxygen atoms in total. The van der Waals surface area contributed by atoms with Crippen molar-refractivity contribution in [1.29, 1.82) is 0 Å². The molecule has 3 aromatic rings. The van der Waals surface area contributed by atoms with E-state index in [0.29, 0.717) is 19.4 Å². The van der Waals surface area contributed by atoms with Gasteiger partial charge in [0, 0.05) is 26.4 Å². The lowest BCUT2D eigenvalue weighted by Gasteiger charge is -2.19. The Morgan fingerprint density at radius 2 is 1.60 bits per heavy atom. The van der Waals surface area contributed by atoms with Gasteiger partial charge in [-0.15, -0.1) is 0 Å². The number of carbonyl (C=O) groups is 2. The number of carboxylic acids is 1. The van der Waals surface area contributed by atoms with E-state index in [0.717, 1.165) is 58.4 Å². The molecule has 0 atom stereocenters. The molecule has 0 bridgehead atoms. The van der Waals surface area contributed by atoms with Crippen LogP contribution < -0.4 is 4.74 Å². The molecule has 0 fully saturated rings. The Labute approximate surface area is 208 Å². The molecule has 0 unspecified atom stereocenters. The van der Waals surface area contributed by atoms with Crippen molar-refractivity contribution in [3.8, 4) is 28.0 Å². The van der Waals surface area contributed by atoms with Crippen LogP contribution in [0.15, 0.2) is 66.7 Å². The standard InChI is InChI=1S/C30H35NO4/c1-4-5-6-10-29(32)31(2)21-23-13-17-27(25-8-7-9-26(20-25)35-3)28(19-23)24-15-11-22(12-16-24)14-18-30(33)34/h7-9,11-13,15-17,19-20H,4-6,10,14,18,21H2,1-3H3,(H,33,34). The number of methoxy groups -OCH3 is 1. The molecular formula is C30H35NO4. The van der Waals surface area contributed by atoms with Gasteiger partial charge in [-0.05, 0) is 64.4 Å². The monoisotopic (exact) mass is 473 g/mol. The van der Waals surface area contributed by atoms with Gasteiger partial charge in [-0.3, -0.25) is 9.59 Å². The highest BCUT2D eigenvalue weighted by atomic mass is 16.5. The van der Waals surface area contributed by atoms with E-state index in [1.165, 1.54) is 0 Å². The van der Waals surface area contributed by atoms with E-state index >= 15 is 0 Å². The van der Waals surface area contributed by atoms with Crippen molar-refractivity contribution in [2.24, 2.45) is 0 Å². The summed E-state index contributed by atoms with van der Waals surface area (Å²) in [6, 6.07) is 22.4. The minimum Gasteiger partial charge on any atom is -0.497 e. The Morgan fingerprint density at radius 1 is 0.857 bits per heavy atom. The molecule has 3 rings (SSSR count). The highest BCUT2D eigenvalue weighted by Gasteiger charge is 2.13. The normalized spacial score (nSPS) is 10.7. The summed E-state index contributed by atoms with van der Waals surface area (Å²) >= 11 is 0. The van der Waals surface area contributed by atoms with Gasteiger partial charge in [0.15, 0.2) is 0 Å². The molecule has 3 aromatic carbocycles. The van der Waals surface area contributed by atoms with Gasteiger partial charge in [-0.1, -0.05) is 68.3 Å². The van der Waals surface area contributed by atoms with Crippen molar-refractivity contribution in [2.45, 2.75) is 52.0 Å². The Balaban J connectivity index is 1.93. The molecule has 5 heteroatoms. The second-order valence-electron chi connectivity index (χ2n) is 8.91. The van der Waals surface area contributed by atoms with Crippen LogP contribution in [0, 0.1) is 0 Å². The number of hydrogen-bond acceptors (Lipinski definition) is 3. The van der Waals surface area contributed by atoms with Gasteiger partial charge >= 0.3 is 5.97 Å². The lowest BCUT2D eigenvalue weighted by Crippen LogP contribution is -2.25. The van der Waals surface area contributed by atoms with Gasteiger partial charge in [0.1, 0.15) is 5.75 Å². The first-order valence-electron chi connectivity index (χ1n) is 12.2. The first-order chi connectivity index (χ1) is 16.9. The molecule has 0 aliphatic rings. The van der Waals surface area contributed by atoms with Crippen LogP contribution in [0.2, 0.25) is 0 Å². The summed E-state index contributed by atoms with van der Waals surface area (Å²) in [5.41, 5.74) is 6.28. The fourth-order valence-electron chi connectivity index (χ4n) is 4.15. The van der Waals surface area contributed by atoms with Crippen LogP contribution >= 0.6 is 0 Å². The summed E-state index contributed by atoms with van der Waals surface area (Å²) < 4.78 is 5.43. The quantitative estimate of drug-likeness (QED) is 0.302. The van der Waals surface area contributed by atoms with Crippen molar-refractivity contribution in [1.82, 2.24) is 4.90 Å². The molecule has 0 saturated carbocycles. The average molecular weight is 474 g/mol. The van der Waals surface area contributed by atoms with Gasteiger partial charge < -0.3 is 14.7 Å². The van der Waals surface area contributed by atoms with E-state index in [1.807, 2.05) is 49.5 Å². The van der Waals surface area contributed by atoms with Gasteiger partial charge in [0.2, 0.25) is 5.91 Å². The van der Waals surface area contributed by atoms with Crippen LogP contribution in [0.25, 0.3) is 22.3 Å². The zero-order valence-electron chi connectivity index (χ0n) is 20.9. The van der Waals surface area contributed by atoms with E-state index in [-0.39, 0.29) is 12.3 Å². The highest BCUT2D eigenvalue weighted by molar-refractivity contribution is 5.84. The molecule has 0 heterocycles. The van der Waals surface area contributed by atoms with E-state index in [2.05, 4.69) is 31.2 Å². The number of aliphatic carboxylic acids is 1. The van der Waals surface area contributed by atoms with Crippen molar-refractivity contribution in [2.75, 3.05) is 14.2 Å². The second-order valence-corrected chi connectivity index (χ2v) is 8.91. The first-order valence-corrected chi connectivity index (χ1v) is 12.2.